The lowest BCUT2D eigenvalue weighted by atomic mass is 9.98. The molecule has 0 saturated heterocycles. The summed E-state index contributed by atoms with van der Waals surface area (Å²) in [5.41, 5.74) is 0.650. The first-order chi connectivity index (χ1) is 9.42. The molecule has 2 rings (SSSR count). The van der Waals surface area contributed by atoms with Crippen molar-refractivity contribution in [3.8, 4) is 0 Å². The van der Waals surface area contributed by atoms with Crippen LogP contribution >= 0.6 is 27.5 Å². The van der Waals surface area contributed by atoms with E-state index in [1.807, 2.05) is 0 Å². The molecule has 0 spiro atoms. The fraction of sp³-hybridized carbons (Fsp3) is 0.143. The van der Waals surface area contributed by atoms with Crippen LogP contribution in [0.3, 0.4) is 0 Å². The molecule has 0 aliphatic carbocycles. The monoisotopic (exact) mass is 363 g/mol. The van der Waals surface area contributed by atoms with Crippen molar-refractivity contribution < 1.29 is 13.2 Å². The molecule has 1 unspecified atom stereocenters. The first-order valence-electron chi connectivity index (χ1n) is 5.70. The number of hydrogen-bond acceptors (Lipinski definition) is 1. The molecular weight excluding hydrogens is 355 g/mol. The average molecular weight is 365 g/mol. The number of hydrogen-bond donors (Lipinski definition) is 1. The maximum absolute atomic E-state index is 13.9. The molecule has 1 nitrogen and oxygen atoms in total. The Kier molecular flexibility index (Phi) is 4.73. The number of halogens is 5. The van der Waals surface area contributed by atoms with Crippen molar-refractivity contribution in [2.75, 3.05) is 7.05 Å². The van der Waals surface area contributed by atoms with Gasteiger partial charge in [-0.2, -0.15) is 0 Å². The Labute approximate surface area is 127 Å². The highest BCUT2D eigenvalue weighted by Gasteiger charge is 2.20. The van der Waals surface area contributed by atoms with Gasteiger partial charge in [0.15, 0.2) is 11.6 Å². The van der Waals surface area contributed by atoms with Gasteiger partial charge in [0.25, 0.3) is 0 Å². The molecule has 0 aromatic heterocycles. The highest BCUT2D eigenvalue weighted by molar-refractivity contribution is 9.10. The first-order valence-corrected chi connectivity index (χ1v) is 6.87. The summed E-state index contributed by atoms with van der Waals surface area (Å²) in [4.78, 5) is 0. The molecule has 0 radical (unpaired) electrons. The maximum atomic E-state index is 13.9. The van der Waals surface area contributed by atoms with E-state index in [0.29, 0.717) is 21.1 Å². The van der Waals surface area contributed by atoms with Crippen LogP contribution in [0.1, 0.15) is 17.2 Å². The van der Waals surface area contributed by atoms with Gasteiger partial charge in [-0.05, 0) is 36.9 Å². The fourth-order valence-electron chi connectivity index (χ4n) is 2.00. The van der Waals surface area contributed by atoms with Crippen molar-refractivity contribution in [2.45, 2.75) is 6.04 Å². The zero-order valence-corrected chi connectivity index (χ0v) is 12.7. The van der Waals surface area contributed by atoms with E-state index in [9.17, 15) is 13.2 Å². The van der Waals surface area contributed by atoms with Gasteiger partial charge >= 0.3 is 0 Å². The van der Waals surface area contributed by atoms with Crippen LogP contribution in [-0.2, 0) is 0 Å². The quantitative estimate of drug-likeness (QED) is 0.769. The summed E-state index contributed by atoms with van der Waals surface area (Å²) in [5, 5.41) is 3.32. The third-order valence-corrected chi connectivity index (χ3v) is 3.53. The molecule has 1 atom stereocenters. The summed E-state index contributed by atoms with van der Waals surface area (Å²) in [6.45, 7) is 0. The Bertz CT molecular complexity index is 628. The fourth-order valence-corrected chi connectivity index (χ4v) is 2.89. The molecular formula is C14H10BrClF3N. The van der Waals surface area contributed by atoms with Crippen LogP contribution in [0, 0.1) is 17.5 Å². The Morgan fingerprint density at radius 1 is 1.00 bits per heavy atom. The van der Waals surface area contributed by atoms with E-state index >= 15 is 0 Å². The van der Waals surface area contributed by atoms with E-state index in [1.165, 1.54) is 0 Å². The molecule has 20 heavy (non-hydrogen) atoms. The van der Waals surface area contributed by atoms with E-state index in [-0.39, 0.29) is 5.56 Å². The predicted molar refractivity (Wildman–Crippen MR) is 76.4 cm³/mol. The lowest BCUT2D eigenvalue weighted by molar-refractivity contribution is 0.483. The van der Waals surface area contributed by atoms with Gasteiger partial charge in [-0.1, -0.05) is 27.5 Å². The van der Waals surface area contributed by atoms with E-state index in [0.717, 1.165) is 6.07 Å². The minimum atomic E-state index is -1.21. The Morgan fingerprint density at radius 2 is 1.65 bits per heavy atom. The summed E-state index contributed by atoms with van der Waals surface area (Å²) in [7, 11) is 1.60. The van der Waals surface area contributed by atoms with E-state index < -0.39 is 23.5 Å². The van der Waals surface area contributed by atoms with E-state index in [1.54, 1.807) is 25.2 Å². The molecule has 1 N–H and O–H groups in total. The molecule has 106 valence electrons. The largest absolute Gasteiger partial charge is 0.309 e. The first kappa shape index (κ1) is 15.4. The van der Waals surface area contributed by atoms with Gasteiger partial charge in [0.05, 0.1) is 6.04 Å². The summed E-state index contributed by atoms with van der Waals surface area (Å²) in [6.07, 6.45) is 0. The normalized spacial score (nSPS) is 12.5. The minimum absolute atomic E-state index is 0.0144. The Morgan fingerprint density at radius 3 is 2.25 bits per heavy atom. The van der Waals surface area contributed by atoms with Crippen molar-refractivity contribution in [3.63, 3.8) is 0 Å². The molecule has 0 fully saturated rings. The molecule has 0 heterocycles. The van der Waals surface area contributed by atoms with Crippen LogP contribution in [0.2, 0.25) is 5.02 Å². The lowest BCUT2D eigenvalue weighted by Crippen LogP contribution is -2.19. The number of nitrogens with one attached hydrogen (secondary N) is 1. The van der Waals surface area contributed by atoms with Crippen LogP contribution in [0.25, 0.3) is 0 Å². The van der Waals surface area contributed by atoms with Gasteiger partial charge in [0.1, 0.15) is 5.82 Å². The molecule has 2 aromatic carbocycles. The summed E-state index contributed by atoms with van der Waals surface area (Å²) in [5.74, 6) is -3.13. The highest BCUT2D eigenvalue weighted by atomic mass is 79.9. The molecule has 0 amide bonds. The molecule has 0 bridgehead atoms. The Balaban J connectivity index is 2.55. The van der Waals surface area contributed by atoms with Crippen LogP contribution in [0.4, 0.5) is 13.2 Å². The number of benzene rings is 2. The Hall–Kier alpha value is -1.04. The van der Waals surface area contributed by atoms with Gasteiger partial charge in [0.2, 0.25) is 0 Å². The lowest BCUT2D eigenvalue weighted by Gasteiger charge is -2.19. The predicted octanol–water partition coefficient (Wildman–Crippen LogP) is 4.83. The zero-order valence-electron chi connectivity index (χ0n) is 10.4. The second kappa shape index (κ2) is 6.16. The van der Waals surface area contributed by atoms with E-state index in [4.69, 9.17) is 11.6 Å². The van der Waals surface area contributed by atoms with Gasteiger partial charge in [-0.15, -0.1) is 0 Å². The van der Waals surface area contributed by atoms with Gasteiger partial charge in [-0.25, -0.2) is 13.2 Å². The SMILES string of the molecule is CNC(c1cc(Cl)cc(Br)c1)c1cc(F)c(F)cc1F. The van der Waals surface area contributed by atoms with Gasteiger partial charge in [-0.3, -0.25) is 0 Å². The van der Waals surface area contributed by atoms with Crippen LogP contribution in [-0.4, -0.2) is 7.05 Å². The molecule has 2 aromatic rings. The molecule has 0 aliphatic heterocycles. The summed E-state index contributed by atoms with van der Waals surface area (Å²) < 4.78 is 40.9. The van der Waals surface area contributed by atoms with Crippen molar-refractivity contribution in [1.82, 2.24) is 5.32 Å². The van der Waals surface area contributed by atoms with Gasteiger partial charge < -0.3 is 5.32 Å². The smallest absolute Gasteiger partial charge is 0.161 e. The third kappa shape index (κ3) is 3.16. The summed E-state index contributed by atoms with van der Waals surface area (Å²) >= 11 is 9.24. The molecule has 6 heteroatoms. The zero-order chi connectivity index (χ0) is 14.9. The van der Waals surface area contributed by atoms with Crippen molar-refractivity contribution in [1.29, 1.82) is 0 Å². The van der Waals surface area contributed by atoms with Crippen molar-refractivity contribution in [2.24, 2.45) is 0 Å². The van der Waals surface area contributed by atoms with E-state index in [2.05, 4.69) is 21.2 Å². The summed E-state index contributed by atoms with van der Waals surface area (Å²) in [6, 6.07) is 5.79. The maximum Gasteiger partial charge on any atom is 0.161 e. The highest BCUT2D eigenvalue weighted by Crippen LogP contribution is 2.30. The topological polar surface area (TPSA) is 12.0 Å². The second-order valence-electron chi connectivity index (χ2n) is 4.21. The number of rotatable bonds is 3. The standard InChI is InChI=1S/C14H10BrClF3N/c1-20-14(7-2-8(15)4-9(16)3-7)10-5-12(18)13(19)6-11(10)17/h2-6,14,20H,1H3. The van der Waals surface area contributed by atoms with Crippen LogP contribution in [0.5, 0.6) is 0 Å². The van der Waals surface area contributed by atoms with Gasteiger partial charge in [0, 0.05) is 21.1 Å². The van der Waals surface area contributed by atoms with Crippen molar-refractivity contribution in [3.05, 3.63) is 68.4 Å². The molecule has 0 saturated carbocycles. The van der Waals surface area contributed by atoms with Crippen LogP contribution < -0.4 is 5.32 Å². The minimum Gasteiger partial charge on any atom is -0.309 e. The van der Waals surface area contributed by atoms with Crippen LogP contribution in [0.15, 0.2) is 34.8 Å². The third-order valence-electron chi connectivity index (χ3n) is 2.86. The average Bonchev–Trinajstić information content (AvgIpc) is 2.35. The second-order valence-corrected chi connectivity index (χ2v) is 5.56. The van der Waals surface area contributed by atoms with Crippen molar-refractivity contribution >= 4 is 27.5 Å². The molecule has 0 aliphatic rings.